The van der Waals surface area contributed by atoms with Gasteiger partial charge in [-0.15, -0.1) is 0 Å². The van der Waals surface area contributed by atoms with Crippen LogP contribution in [-0.2, 0) is 0 Å². The number of hydrogen-bond acceptors (Lipinski definition) is 0. The molecule has 1 aliphatic carbocycles. The summed E-state index contributed by atoms with van der Waals surface area (Å²) in [5.41, 5.74) is 0.758. The Bertz CT molecular complexity index is 444. The van der Waals surface area contributed by atoms with Gasteiger partial charge in [0.2, 0.25) is 0 Å². The van der Waals surface area contributed by atoms with Crippen LogP contribution in [-0.4, -0.2) is 0 Å². The number of halogens is 1. The smallest absolute Gasteiger partial charge is 0.123 e. The van der Waals surface area contributed by atoms with Crippen LogP contribution in [0.4, 0.5) is 4.39 Å². The Hall–Kier alpha value is -0.850. The summed E-state index contributed by atoms with van der Waals surface area (Å²) < 4.78 is 38.1. The molecule has 0 nitrogen and oxygen atoms in total. The van der Waals surface area contributed by atoms with Gasteiger partial charge in [-0.3, -0.25) is 0 Å². The molecule has 0 spiro atoms. The SMILES string of the molecule is [2H][C@@H]1C[C@@H](CCCCC)CC([2H])([2H])C1c1ccc(F)cc1. The Morgan fingerprint density at radius 2 is 2.00 bits per heavy atom. The first-order valence-corrected chi connectivity index (χ1v) is 7.11. The molecule has 1 saturated carbocycles. The van der Waals surface area contributed by atoms with Crippen molar-refractivity contribution in [1.29, 1.82) is 0 Å². The van der Waals surface area contributed by atoms with Gasteiger partial charge < -0.3 is 0 Å². The van der Waals surface area contributed by atoms with E-state index in [0.717, 1.165) is 24.8 Å². The maximum atomic E-state index is 13.0. The van der Waals surface area contributed by atoms with Crippen molar-refractivity contribution in [3.63, 3.8) is 0 Å². The molecule has 0 amide bonds. The number of unbranched alkanes of at least 4 members (excludes halogenated alkanes) is 2. The molecule has 18 heavy (non-hydrogen) atoms. The van der Waals surface area contributed by atoms with Crippen LogP contribution in [0, 0.1) is 11.7 Å². The van der Waals surface area contributed by atoms with E-state index in [9.17, 15) is 4.39 Å². The fraction of sp³-hybridized carbons (Fsp3) is 0.647. The van der Waals surface area contributed by atoms with E-state index in [-0.39, 0.29) is 5.82 Å². The molecule has 1 aromatic carbocycles. The summed E-state index contributed by atoms with van der Waals surface area (Å²) in [6.07, 6.45) is 3.97. The summed E-state index contributed by atoms with van der Waals surface area (Å²) in [6.45, 7) is 2.16. The van der Waals surface area contributed by atoms with Crippen molar-refractivity contribution in [1.82, 2.24) is 0 Å². The zero-order valence-electron chi connectivity index (χ0n) is 14.2. The monoisotopic (exact) mass is 251 g/mol. The highest BCUT2D eigenvalue weighted by Gasteiger charge is 2.21. The lowest BCUT2D eigenvalue weighted by molar-refractivity contribution is 0.302. The van der Waals surface area contributed by atoms with Crippen LogP contribution in [0.15, 0.2) is 24.3 Å². The van der Waals surface area contributed by atoms with E-state index < -0.39 is 18.7 Å². The van der Waals surface area contributed by atoms with E-state index in [1.807, 2.05) is 0 Å². The molecule has 0 aliphatic heterocycles. The van der Waals surface area contributed by atoms with Crippen molar-refractivity contribution in [3.8, 4) is 0 Å². The highest BCUT2D eigenvalue weighted by molar-refractivity contribution is 5.20. The largest absolute Gasteiger partial charge is 0.207 e. The van der Waals surface area contributed by atoms with Crippen molar-refractivity contribution in [2.24, 2.45) is 5.92 Å². The Morgan fingerprint density at radius 3 is 2.67 bits per heavy atom. The average molecular weight is 251 g/mol. The molecule has 1 heteroatoms. The van der Waals surface area contributed by atoms with Gasteiger partial charge in [0, 0.05) is 4.11 Å². The van der Waals surface area contributed by atoms with Crippen LogP contribution in [0.5, 0.6) is 0 Å². The van der Waals surface area contributed by atoms with E-state index >= 15 is 0 Å². The molecule has 100 valence electrons. The van der Waals surface area contributed by atoms with Crippen molar-refractivity contribution < 1.29 is 8.50 Å². The van der Waals surface area contributed by atoms with Gasteiger partial charge in [-0.1, -0.05) is 44.7 Å². The van der Waals surface area contributed by atoms with Crippen LogP contribution < -0.4 is 0 Å². The molecule has 1 aromatic rings. The van der Waals surface area contributed by atoms with Gasteiger partial charge in [0.05, 0.1) is 0 Å². The summed E-state index contributed by atoms with van der Waals surface area (Å²) in [5.74, 6) is -0.444. The molecular weight excluding hydrogens is 223 g/mol. The van der Waals surface area contributed by atoms with Crippen LogP contribution in [0.2, 0.25) is 0 Å². The Balaban J connectivity index is 2.08. The predicted molar refractivity (Wildman–Crippen MR) is 75.2 cm³/mol. The lowest BCUT2D eigenvalue weighted by Crippen LogP contribution is -2.13. The van der Waals surface area contributed by atoms with Crippen molar-refractivity contribution in [3.05, 3.63) is 35.6 Å². The lowest BCUT2D eigenvalue weighted by atomic mass is 9.77. The third-order valence-corrected chi connectivity index (χ3v) is 3.78. The maximum Gasteiger partial charge on any atom is 0.123 e. The zero-order chi connectivity index (χ0) is 15.5. The Morgan fingerprint density at radius 1 is 1.22 bits per heavy atom. The van der Waals surface area contributed by atoms with Crippen LogP contribution in [0.1, 0.15) is 73.8 Å². The highest BCUT2D eigenvalue weighted by atomic mass is 19.1. The summed E-state index contributed by atoms with van der Waals surface area (Å²) in [4.78, 5) is 0. The zero-order valence-corrected chi connectivity index (χ0v) is 11.2. The maximum absolute atomic E-state index is 13.0. The fourth-order valence-electron chi connectivity index (χ4n) is 2.62. The van der Waals surface area contributed by atoms with Crippen molar-refractivity contribution in [2.45, 2.75) is 64.1 Å². The highest BCUT2D eigenvalue weighted by Crippen LogP contribution is 2.37. The molecular formula is C17H25F. The Kier molecular flexibility index (Phi) is 3.84. The molecule has 3 atom stereocenters. The van der Waals surface area contributed by atoms with E-state index in [1.165, 1.54) is 25.0 Å². The Labute approximate surface area is 115 Å². The standard InChI is InChI=1S/C17H25F/c1-2-3-4-5-14-6-8-15(9-7-14)16-10-12-17(18)13-11-16/h10-15H,2-9H2,1H3/t14-,15?/i8D,9D2/t8-,14-,15?/m1/s1. The molecule has 0 heterocycles. The first kappa shape index (κ1) is 10.00. The summed E-state index contributed by atoms with van der Waals surface area (Å²) >= 11 is 0. The minimum Gasteiger partial charge on any atom is -0.207 e. The van der Waals surface area contributed by atoms with Gasteiger partial charge in [-0.25, -0.2) is 4.39 Å². The minimum atomic E-state index is -1.38. The van der Waals surface area contributed by atoms with Gasteiger partial charge in [0.25, 0.3) is 0 Å². The van der Waals surface area contributed by atoms with E-state index in [0.29, 0.717) is 12.3 Å². The molecule has 0 radical (unpaired) electrons. The second-order valence-corrected chi connectivity index (χ2v) is 5.27. The fourth-order valence-corrected chi connectivity index (χ4v) is 2.62. The van der Waals surface area contributed by atoms with Gasteiger partial charge in [0.15, 0.2) is 0 Å². The van der Waals surface area contributed by atoms with Crippen LogP contribution in [0.25, 0.3) is 0 Å². The minimum absolute atomic E-state index is 0.311. The number of benzene rings is 1. The van der Waals surface area contributed by atoms with Crippen LogP contribution >= 0.6 is 0 Å². The summed E-state index contributed by atoms with van der Waals surface area (Å²) in [7, 11) is 0. The van der Waals surface area contributed by atoms with E-state index in [2.05, 4.69) is 6.92 Å². The first-order valence-electron chi connectivity index (χ1n) is 8.69. The van der Waals surface area contributed by atoms with Crippen LogP contribution in [0.3, 0.4) is 0 Å². The molecule has 0 aromatic heterocycles. The molecule has 0 bridgehead atoms. The predicted octanol–water partition coefficient (Wildman–Crippen LogP) is 5.68. The number of rotatable bonds is 5. The topological polar surface area (TPSA) is 0 Å². The van der Waals surface area contributed by atoms with Crippen molar-refractivity contribution >= 4 is 0 Å². The summed E-state index contributed by atoms with van der Waals surface area (Å²) in [5, 5.41) is 0. The average Bonchev–Trinajstić information content (AvgIpc) is 2.40. The van der Waals surface area contributed by atoms with Gasteiger partial charge in [-0.2, -0.15) is 0 Å². The third-order valence-electron chi connectivity index (χ3n) is 3.78. The van der Waals surface area contributed by atoms with Crippen molar-refractivity contribution in [2.75, 3.05) is 0 Å². The quantitative estimate of drug-likeness (QED) is 0.591. The van der Waals surface area contributed by atoms with Gasteiger partial charge in [0.1, 0.15) is 5.82 Å². The second-order valence-electron chi connectivity index (χ2n) is 5.27. The van der Waals surface area contributed by atoms with E-state index in [4.69, 9.17) is 4.11 Å². The summed E-state index contributed by atoms with van der Waals surface area (Å²) in [6, 6.07) is 6.00. The molecule has 1 aliphatic rings. The van der Waals surface area contributed by atoms with Gasteiger partial charge in [-0.05, 0) is 55.1 Å². The normalized spacial score (nSPS) is 33.4. The van der Waals surface area contributed by atoms with E-state index in [1.54, 1.807) is 12.1 Å². The van der Waals surface area contributed by atoms with Gasteiger partial charge >= 0.3 is 0 Å². The molecule has 2 rings (SSSR count). The molecule has 0 N–H and O–H groups in total. The number of hydrogen-bond donors (Lipinski definition) is 0. The molecule has 1 fully saturated rings. The second kappa shape index (κ2) is 6.92. The lowest BCUT2D eigenvalue weighted by Gasteiger charge is -2.28. The third kappa shape index (κ3) is 3.83. The molecule has 0 saturated heterocycles. The first-order chi connectivity index (χ1) is 9.94. The molecule has 1 unspecified atom stereocenters.